The molecule has 4 aliphatic carbocycles. The van der Waals surface area contributed by atoms with Crippen molar-refractivity contribution in [1.29, 1.82) is 0 Å². The summed E-state index contributed by atoms with van der Waals surface area (Å²) in [5, 5.41) is 0. The van der Waals surface area contributed by atoms with Crippen LogP contribution in [0.4, 0.5) is 0 Å². The van der Waals surface area contributed by atoms with Gasteiger partial charge in [-0.2, -0.15) is 0 Å². The van der Waals surface area contributed by atoms with Gasteiger partial charge in [0, 0.05) is 6.92 Å². The van der Waals surface area contributed by atoms with Gasteiger partial charge in [0.1, 0.15) is 6.10 Å². The van der Waals surface area contributed by atoms with Gasteiger partial charge in [-0.25, -0.2) is 0 Å². The molecule has 33 heavy (non-hydrogen) atoms. The van der Waals surface area contributed by atoms with Crippen molar-refractivity contribution in [3.8, 4) is 0 Å². The number of carbonyl (C=O) groups is 1. The molecule has 4 rings (SSSR count). The number of carbonyl (C=O) groups excluding carboxylic acids is 1. The van der Waals surface area contributed by atoms with Crippen molar-refractivity contribution in [3.05, 3.63) is 23.3 Å². The number of esters is 1. The molecule has 186 valence electrons. The fourth-order valence-electron chi connectivity index (χ4n) is 9.01. The fraction of sp³-hybridized carbons (Fsp3) is 0.839. The molecule has 0 heterocycles. The Balaban J connectivity index is 1.55. The fourth-order valence-corrected chi connectivity index (χ4v) is 9.01. The van der Waals surface area contributed by atoms with Crippen LogP contribution in [-0.2, 0) is 9.53 Å². The van der Waals surface area contributed by atoms with E-state index < -0.39 is 0 Å². The van der Waals surface area contributed by atoms with Crippen LogP contribution in [-0.4, -0.2) is 12.1 Å². The van der Waals surface area contributed by atoms with Crippen LogP contribution in [0.1, 0.15) is 119 Å². The lowest BCUT2D eigenvalue weighted by molar-refractivity contribution is -0.150. The third-order valence-corrected chi connectivity index (χ3v) is 11.6. The van der Waals surface area contributed by atoms with E-state index >= 15 is 0 Å². The second-order valence-corrected chi connectivity index (χ2v) is 13.3. The third kappa shape index (κ3) is 4.06. The summed E-state index contributed by atoms with van der Waals surface area (Å²) in [4.78, 5) is 11.5. The Kier molecular flexibility index (Phi) is 6.73. The summed E-state index contributed by atoms with van der Waals surface area (Å²) in [6.07, 6.45) is 13.9. The van der Waals surface area contributed by atoms with E-state index in [4.69, 9.17) is 4.74 Å². The van der Waals surface area contributed by atoms with Crippen molar-refractivity contribution >= 4 is 5.97 Å². The number of hydrogen-bond acceptors (Lipinski definition) is 2. The maximum Gasteiger partial charge on any atom is 0.302 e. The molecule has 0 aliphatic heterocycles. The Morgan fingerprint density at radius 1 is 1.03 bits per heavy atom. The Bertz CT molecular complexity index is 821. The van der Waals surface area contributed by atoms with Gasteiger partial charge in [-0.3, -0.25) is 4.79 Å². The molecule has 0 amide bonds. The van der Waals surface area contributed by atoms with Gasteiger partial charge < -0.3 is 4.74 Å². The first kappa shape index (κ1) is 25.1. The van der Waals surface area contributed by atoms with Gasteiger partial charge in [-0.05, 0) is 111 Å². The molecule has 0 aromatic carbocycles. The lowest BCUT2D eigenvalue weighted by Gasteiger charge is -2.59. The van der Waals surface area contributed by atoms with Crippen LogP contribution < -0.4 is 0 Å². The molecule has 2 nitrogen and oxygen atoms in total. The minimum absolute atomic E-state index is 0.108. The molecule has 0 saturated heterocycles. The SMILES string of the molecule is C=C(CCC(C)C1CCC2(C)C3=C(CCC12C)C1(C)CCC(OC(C)=O)CC1CC3)C(C)C. The molecule has 0 aromatic heterocycles. The van der Waals surface area contributed by atoms with Gasteiger partial charge in [-0.15, -0.1) is 0 Å². The number of rotatable bonds is 6. The largest absolute Gasteiger partial charge is 0.463 e. The van der Waals surface area contributed by atoms with E-state index in [1.165, 1.54) is 63.4 Å². The van der Waals surface area contributed by atoms with Gasteiger partial charge in [-0.1, -0.05) is 64.8 Å². The first-order valence-electron chi connectivity index (χ1n) is 14.0. The second kappa shape index (κ2) is 8.87. The summed E-state index contributed by atoms with van der Waals surface area (Å²) >= 11 is 0. The average Bonchev–Trinajstić information content (AvgIpc) is 3.03. The third-order valence-electron chi connectivity index (χ3n) is 11.6. The van der Waals surface area contributed by atoms with Crippen LogP contribution in [0.15, 0.2) is 23.3 Å². The molecular weight excluding hydrogens is 404 g/mol. The highest BCUT2D eigenvalue weighted by Crippen LogP contribution is 2.71. The molecule has 2 heteroatoms. The highest BCUT2D eigenvalue weighted by molar-refractivity contribution is 5.66. The summed E-state index contributed by atoms with van der Waals surface area (Å²) in [5.41, 5.74) is 6.26. The van der Waals surface area contributed by atoms with Crippen LogP contribution in [0.2, 0.25) is 0 Å². The highest BCUT2D eigenvalue weighted by Gasteiger charge is 2.61. The zero-order valence-corrected chi connectivity index (χ0v) is 22.7. The molecule has 0 spiro atoms. The molecule has 0 N–H and O–H groups in total. The molecule has 7 atom stereocenters. The normalized spacial score (nSPS) is 41.3. The Morgan fingerprint density at radius 3 is 2.42 bits per heavy atom. The van der Waals surface area contributed by atoms with E-state index in [1.807, 2.05) is 11.1 Å². The van der Waals surface area contributed by atoms with Crippen LogP contribution >= 0.6 is 0 Å². The van der Waals surface area contributed by atoms with Gasteiger partial charge in [0.25, 0.3) is 0 Å². The Labute approximate surface area is 204 Å². The van der Waals surface area contributed by atoms with Crippen molar-refractivity contribution in [2.75, 3.05) is 0 Å². The van der Waals surface area contributed by atoms with Gasteiger partial charge in [0.2, 0.25) is 0 Å². The first-order chi connectivity index (χ1) is 15.4. The van der Waals surface area contributed by atoms with E-state index in [-0.39, 0.29) is 12.1 Å². The quantitative estimate of drug-likeness (QED) is 0.296. The predicted molar refractivity (Wildman–Crippen MR) is 138 cm³/mol. The smallest absolute Gasteiger partial charge is 0.302 e. The predicted octanol–water partition coefficient (Wildman–Crippen LogP) is 8.66. The summed E-state index contributed by atoms with van der Waals surface area (Å²) in [5.74, 6) is 2.79. The van der Waals surface area contributed by atoms with Crippen molar-refractivity contribution in [1.82, 2.24) is 0 Å². The van der Waals surface area contributed by atoms with Crippen molar-refractivity contribution in [3.63, 3.8) is 0 Å². The molecule has 2 fully saturated rings. The van der Waals surface area contributed by atoms with E-state index in [9.17, 15) is 4.79 Å². The standard InChI is InChI=1S/C31H50O2/c1-20(2)21(3)9-10-22(4)26-14-17-31(8)28-12-11-24-19-25(33-23(5)32)13-16-29(24,6)27(28)15-18-30(26,31)7/h20,22,24-26H,3,9-19H2,1-2,4-8H3. The zero-order valence-electron chi connectivity index (χ0n) is 22.7. The van der Waals surface area contributed by atoms with Gasteiger partial charge >= 0.3 is 5.97 Å². The number of allylic oxidation sites excluding steroid dienone is 3. The lowest BCUT2D eigenvalue weighted by Crippen LogP contribution is -2.49. The van der Waals surface area contributed by atoms with Crippen LogP contribution in [0.3, 0.4) is 0 Å². The monoisotopic (exact) mass is 454 g/mol. The zero-order chi connectivity index (χ0) is 24.2. The molecule has 7 unspecified atom stereocenters. The first-order valence-corrected chi connectivity index (χ1v) is 14.0. The maximum absolute atomic E-state index is 11.5. The lowest BCUT2D eigenvalue weighted by atomic mass is 9.46. The summed E-state index contributed by atoms with van der Waals surface area (Å²) in [6, 6.07) is 0. The van der Waals surface area contributed by atoms with Crippen LogP contribution in [0.25, 0.3) is 0 Å². The molecule has 2 saturated carbocycles. The average molecular weight is 455 g/mol. The topological polar surface area (TPSA) is 26.3 Å². The Morgan fingerprint density at radius 2 is 1.76 bits per heavy atom. The van der Waals surface area contributed by atoms with Crippen molar-refractivity contribution in [2.24, 2.45) is 39.9 Å². The second-order valence-electron chi connectivity index (χ2n) is 13.3. The maximum atomic E-state index is 11.5. The Hall–Kier alpha value is -1.05. The van der Waals surface area contributed by atoms with E-state index in [2.05, 4.69) is 48.1 Å². The molecule has 4 aliphatic rings. The number of ether oxygens (including phenoxy) is 1. The van der Waals surface area contributed by atoms with Gasteiger partial charge in [0.05, 0.1) is 0 Å². The molecular formula is C31H50O2. The van der Waals surface area contributed by atoms with E-state index in [0.29, 0.717) is 28.1 Å². The van der Waals surface area contributed by atoms with Crippen molar-refractivity contribution < 1.29 is 9.53 Å². The molecule has 0 aromatic rings. The summed E-state index contributed by atoms with van der Waals surface area (Å²) < 4.78 is 5.66. The van der Waals surface area contributed by atoms with Crippen LogP contribution in [0, 0.1) is 39.9 Å². The molecule has 0 bridgehead atoms. The highest BCUT2D eigenvalue weighted by atomic mass is 16.5. The minimum Gasteiger partial charge on any atom is -0.463 e. The summed E-state index contributed by atoms with van der Waals surface area (Å²) in [7, 11) is 0. The molecule has 0 radical (unpaired) electrons. The summed E-state index contributed by atoms with van der Waals surface area (Å²) in [6.45, 7) is 20.9. The number of hydrogen-bond donors (Lipinski definition) is 0. The van der Waals surface area contributed by atoms with Crippen LogP contribution in [0.5, 0.6) is 0 Å². The van der Waals surface area contributed by atoms with Crippen molar-refractivity contribution in [2.45, 2.75) is 125 Å². The van der Waals surface area contributed by atoms with E-state index in [1.54, 1.807) is 6.92 Å². The number of fused-ring (bicyclic) bond motifs is 4. The van der Waals surface area contributed by atoms with E-state index in [0.717, 1.165) is 24.7 Å². The minimum atomic E-state index is -0.108. The van der Waals surface area contributed by atoms with Gasteiger partial charge in [0.15, 0.2) is 0 Å².